The minimum atomic E-state index is 0. The largest absolute Gasteiger partial charge is 0.0654 e. The van der Waals surface area contributed by atoms with Crippen molar-refractivity contribution >= 4 is 48.9 Å². The maximum atomic E-state index is 3.49. The average molecular weight is 182 g/mol. The quantitative estimate of drug-likeness (QED) is 0.473. The molecule has 0 aliphatic heterocycles. The van der Waals surface area contributed by atoms with E-state index >= 15 is 0 Å². The molecule has 0 atom stereocenters. The van der Waals surface area contributed by atoms with Gasteiger partial charge in [-0.25, -0.2) is 0 Å². The van der Waals surface area contributed by atoms with Crippen LogP contribution in [0.15, 0.2) is 0 Å². The molecule has 0 aliphatic rings. The molecular weight excluding hydrogens is 173 g/mol. The van der Waals surface area contributed by atoms with Crippen molar-refractivity contribution in [2.45, 2.75) is 13.3 Å². The molecule has 0 aromatic heterocycles. The first-order valence-electron chi connectivity index (χ1n) is 1.21. The summed E-state index contributed by atoms with van der Waals surface area (Å²) in [5.74, 6) is 0. The predicted octanol–water partition coefficient (Wildman–Crippen LogP) is 0.314. The zero-order chi connectivity index (χ0) is 2.71. The summed E-state index contributed by atoms with van der Waals surface area (Å²) in [7, 11) is 0. The van der Waals surface area contributed by atoms with E-state index in [1.807, 2.05) is 6.92 Å². The van der Waals surface area contributed by atoms with Crippen molar-refractivity contribution in [2.75, 3.05) is 0 Å². The SMILES string of the molecule is [BaH2].[CH2]CC. The molecule has 0 amide bonds. The van der Waals surface area contributed by atoms with Gasteiger partial charge in [0.25, 0.3) is 0 Å². The Balaban J connectivity index is 0. The van der Waals surface area contributed by atoms with Crippen LogP contribution in [0.2, 0.25) is 0 Å². The summed E-state index contributed by atoms with van der Waals surface area (Å²) in [5, 5.41) is 0. The Morgan fingerprint density at radius 2 is 1.75 bits per heavy atom. The van der Waals surface area contributed by atoms with Crippen molar-refractivity contribution in [1.29, 1.82) is 0 Å². The van der Waals surface area contributed by atoms with Crippen LogP contribution in [0, 0.1) is 6.92 Å². The van der Waals surface area contributed by atoms with Gasteiger partial charge < -0.3 is 0 Å². The van der Waals surface area contributed by atoms with Crippen LogP contribution >= 0.6 is 0 Å². The Bertz CT molecular complexity index is 3.25. The van der Waals surface area contributed by atoms with Gasteiger partial charge in [-0.1, -0.05) is 20.3 Å². The third-order valence-corrected chi connectivity index (χ3v) is 0. The van der Waals surface area contributed by atoms with E-state index in [0.717, 1.165) is 6.42 Å². The molecule has 0 heterocycles. The van der Waals surface area contributed by atoms with Crippen LogP contribution in [0.4, 0.5) is 0 Å². The van der Waals surface area contributed by atoms with Gasteiger partial charge in [-0.2, -0.15) is 0 Å². The van der Waals surface area contributed by atoms with Gasteiger partial charge in [-0.3, -0.25) is 0 Å². The van der Waals surface area contributed by atoms with Gasteiger partial charge in [0.05, 0.1) is 0 Å². The van der Waals surface area contributed by atoms with Gasteiger partial charge in [0.15, 0.2) is 0 Å². The van der Waals surface area contributed by atoms with Crippen LogP contribution in [-0.4, -0.2) is 48.9 Å². The molecular formula is C3H9Ba. The van der Waals surface area contributed by atoms with Crippen molar-refractivity contribution in [1.82, 2.24) is 0 Å². The molecule has 0 aliphatic carbocycles. The fourth-order valence-electron chi connectivity index (χ4n) is 0. The van der Waals surface area contributed by atoms with Gasteiger partial charge in [0.2, 0.25) is 0 Å². The maximum absolute atomic E-state index is 3.49. The van der Waals surface area contributed by atoms with E-state index in [2.05, 4.69) is 6.92 Å². The zero-order valence-electron chi connectivity index (χ0n) is 2.41. The third-order valence-electron chi connectivity index (χ3n) is 0. The van der Waals surface area contributed by atoms with Crippen molar-refractivity contribution in [2.24, 2.45) is 0 Å². The smallest absolute Gasteiger partial charge is 0.0536 e. The molecule has 1 radical (unpaired) electrons. The summed E-state index contributed by atoms with van der Waals surface area (Å²) in [4.78, 5) is 0. The van der Waals surface area contributed by atoms with Crippen LogP contribution in [0.1, 0.15) is 13.3 Å². The molecule has 0 saturated carbocycles. The van der Waals surface area contributed by atoms with E-state index in [1.165, 1.54) is 0 Å². The van der Waals surface area contributed by atoms with E-state index in [4.69, 9.17) is 0 Å². The molecule has 0 bridgehead atoms. The Kier molecular flexibility index (Phi) is 20.1. The summed E-state index contributed by atoms with van der Waals surface area (Å²) >= 11 is 0. The Morgan fingerprint density at radius 3 is 1.75 bits per heavy atom. The van der Waals surface area contributed by atoms with E-state index in [0.29, 0.717) is 0 Å². The number of hydrogen-bond acceptors (Lipinski definition) is 0. The van der Waals surface area contributed by atoms with Gasteiger partial charge >= 0.3 is 48.9 Å². The molecule has 0 aromatic rings. The minimum Gasteiger partial charge on any atom is -0.0654 e. The summed E-state index contributed by atoms with van der Waals surface area (Å²) in [5.41, 5.74) is 0. The average Bonchev–Trinajstić information content (AvgIpc) is 0.918. The minimum absolute atomic E-state index is 0. The topological polar surface area (TPSA) is 0 Å². The molecule has 0 unspecified atom stereocenters. The van der Waals surface area contributed by atoms with Gasteiger partial charge in [0, 0.05) is 0 Å². The second-order valence-corrected chi connectivity index (χ2v) is 0.500. The van der Waals surface area contributed by atoms with Crippen LogP contribution in [0.5, 0.6) is 0 Å². The molecule has 0 aromatic carbocycles. The van der Waals surface area contributed by atoms with E-state index in [1.54, 1.807) is 0 Å². The summed E-state index contributed by atoms with van der Waals surface area (Å²) < 4.78 is 0. The monoisotopic (exact) mass is 183 g/mol. The van der Waals surface area contributed by atoms with Crippen molar-refractivity contribution in [3.63, 3.8) is 0 Å². The second-order valence-electron chi connectivity index (χ2n) is 0.500. The van der Waals surface area contributed by atoms with Crippen LogP contribution in [0.25, 0.3) is 0 Å². The van der Waals surface area contributed by atoms with E-state index in [-0.39, 0.29) is 48.9 Å². The fourth-order valence-corrected chi connectivity index (χ4v) is 0. The first-order chi connectivity index (χ1) is 1.41. The molecule has 1 heteroatoms. The summed E-state index contributed by atoms with van der Waals surface area (Å²) in [6, 6.07) is 0. The molecule has 4 heavy (non-hydrogen) atoms. The fraction of sp³-hybridized carbons (Fsp3) is 0.667. The predicted molar refractivity (Wildman–Crippen MR) is 24.2 cm³/mol. The molecule has 0 saturated heterocycles. The van der Waals surface area contributed by atoms with Crippen LogP contribution in [-0.2, 0) is 0 Å². The molecule has 0 nitrogen and oxygen atoms in total. The molecule has 0 rings (SSSR count). The van der Waals surface area contributed by atoms with Crippen molar-refractivity contribution in [3.05, 3.63) is 6.92 Å². The zero-order valence-corrected chi connectivity index (χ0v) is 2.41. The third kappa shape index (κ3) is 9.56. The number of hydrogen-bond donors (Lipinski definition) is 0. The first kappa shape index (κ1) is 9.13. The molecule has 0 fully saturated rings. The Labute approximate surface area is 68.0 Å². The normalized spacial score (nSPS) is 4.50. The molecule has 23 valence electrons. The van der Waals surface area contributed by atoms with E-state index in [9.17, 15) is 0 Å². The summed E-state index contributed by atoms with van der Waals surface area (Å²) in [6.07, 6.45) is 1.00. The van der Waals surface area contributed by atoms with Crippen molar-refractivity contribution < 1.29 is 0 Å². The van der Waals surface area contributed by atoms with Gasteiger partial charge in [0.1, 0.15) is 0 Å². The molecule has 0 N–H and O–H groups in total. The first-order valence-corrected chi connectivity index (χ1v) is 1.21. The molecule has 0 spiro atoms. The second kappa shape index (κ2) is 8.82. The van der Waals surface area contributed by atoms with Gasteiger partial charge in [-0.15, -0.1) is 0 Å². The summed E-state index contributed by atoms with van der Waals surface area (Å²) in [6.45, 7) is 5.50. The van der Waals surface area contributed by atoms with Crippen LogP contribution in [0.3, 0.4) is 0 Å². The standard InChI is InChI=1S/C3H7.Ba.2H/c1-3-2;;;/h1,3H2,2H3;;;. The van der Waals surface area contributed by atoms with Crippen LogP contribution < -0.4 is 0 Å². The Hall–Kier alpha value is 1.57. The maximum Gasteiger partial charge on any atom is -0.0536 e. The van der Waals surface area contributed by atoms with Crippen molar-refractivity contribution in [3.8, 4) is 0 Å². The Morgan fingerprint density at radius 1 is 1.75 bits per heavy atom. The van der Waals surface area contributed by atoms with E-state index < -0.39 is 0 Å². The number of rotatable bonds is 0. The van der Waals surface area contributed by atoms with Gasteiger partial charge in [-0.05, 0) is 0 Å².